The molecule has 0 radical (unpaired) electrons. The monoisotopic (exact) mass is 439 g/mol. The molecule has 170 valence electrons. The van der Waals surface area contributed by atoms with E-state index in [-0.39, 0.29) is 17.4 Å². The predicted octanol–water partition coefficient (Wildman–Crippen LogP) is 4.36. The Morgan fingerprint density at radius 2 is 1.59 bits per heavy atom. The zero-order valence-electron chi connectivity index (χ0n) is 19.2. The van der Waals surface area contributed by atoms with Crippen LogP contribution in [0.2, 0.25) is 0 Å². The molecule has 32 heavy (non-hydrogen) atoms. The van der Waals surface area contributed by atoms with Gasteiger partial charge in [0.15, 0.2) is 11.5 Å². The standard InChI is InChI=1S/C24H29N3O5/c1-7-24(2,3)27-22(28)14-8-10-15(11-9-14)25-23(29)17-12-16-18(30-4)13-19(31-5)21(32-6)20(16)26-17/h8-13,26H,7H2,1-6H3,(H,25,29)(H,27,28). The number of hydrogen-bond donors (Lipinski definition) is 3. The highest BCUT2D eigenvalue weighted by Gasteiger charge is 2.21. The Bertz CT molecular complexity index is 1130. The molecule has 8 nitrogen and oxygen atoms in total. The molecule has 0 fully saturated rings. The highest BCUT2D eigenvalue weighted by molar-refractivity contribution is 6.08. The molecule has 1 aromatic heterocycles. The minimum atomic E-state index is -0.339. The van der Waals surface area contributed by atoms with Crippen molar-refractivity contribution >= 4 is 28.4 Å². The summed E-state index contributed by atoms with van der Waals surface area (Å²) in [6.07, 6.45) is 0.818. The number of hydrogen-bond acceptors (Lipinski definition) is 5. The van der Waals surface area contributed by atoms with E-state index >= 15 is 0 Å². The molecule has 0 saturated carbocycles. The summed E-state index contributed by atoms with van der Waals surface area (Å²) in [5, 5.41) is 6.52. The molecule has 2 aromatic carbocycles. The lowest BCUT2D eigenvalue weighted by Gasteiger charge is -2.24. The molecule has 3 N–H and O–H groups in total. The summed E-state index contributed by atoms with van der Waals surface area (Å²) in [6, 6.07) is 10.1. The molecule has 8 heteroatoms. The second kappa shape index (κ2) is 9.21. The third kappa shape index (κ3) is 4.64. The van der Waals surface area contributed by atoms with Gasteiger partial charge in [-0.15, -0.1) is 0 Å². The van der Waals surface area contributed by atoms with E-state index in [9.17, 15) is 9.59 Å². The SMILES string of the molecule is CCC(C)(C)NC(=O)c1ccc(NC(=O)c2cc3c(OC)cc(OC)c(OC)c3[nH]2)cc1. The molecule has 1 heterocycles. The number of aromatic nitrogens is 1. The second-order valence-corrected chi connectivity index (χ2v) is 8.01. The largest absolute Gasteiger partial charge is 0.496 e. The van der Waals surface area contributed by atoms with Gasteiger partial charge in [0.05, 0.1) is 26.8 Å². The van der Waals surface area contributed by atoms with Crippen molar-refractivity contribution in [2.24, 2.45) is 0 Å². The van der Waals surface area contributed by atoms with Crippen LogP contribution < -0.4 is 24.8 Å². The molecular weight excluding hydrogens is 410 g/mol. The number of H-pyrrole nitrogens is 1. The van der Waals surface area contributed by atoms with Gasteiger partial charge in [-0.2, -0.15) is 0 Å². The van der Waals surface area contributed by atoms with E-state index in [1.165, 1.54) is 14.2 Å². The van der Waals surface area contributed by atoms with E-state index in [2.05, 4.69) is 15.6 Å². The van der Waals surface area contributed by atoms with Gasteiger partial charge >= 0.3 is 0 Å². The molecular formula is C24H29N3O5. The van der Waals surface area contributed by atoms with Crippen molar-refractivity contribution in [1.29, 1.82) is 0 Å². The number of aromatic amines is 1. The highest BCUT2D eigenvalue weighted by atomic mass is 16.5. The summed E-state index contributed by atoms with van der Waals surface area (Å²) < 4.78 is 16.3. The van der Waals surface area contributed by atoms with Crippen LogP contribution in [-0.2, 0) is 0 Å². The van der Waals surface area contributed by atoms with Crippen LogP contribution >= 0.6 is 0 Å². The number of fused-ring (bicyclic) bond motifs is 1. The summed E-state index contributed by atoms with van der Waals surface area (Å²) >= 11 is 0. The van der Waals surface area contributed by atoms with Gasteiger partial charge in [-0.05, 0) is 50.6 Å². The predicted molar refractivity (Wildman–Crippen MR) is 124 cm³/mol. The number of methoxy groups -OCH3 is 3. The van der Waals surface area contributed by atoms with Crippen LogP contribution in [0.1, 0.15) is 48.0 Å². The lowest BCUT2D eigenvalue weighted by Crippen LogP contribution is -2.42. The van der Waals surface area contributed by atoms with E-state index in [0.29, 0.717) is 45.1 Å². The lowest BCUT2D eigenvalue weighted by molar-refractivity contribution is 0.0911. The summed E-state index contributed by atoms with van der Waals surface area (Å²) in [6.45, 7) is 5.96. The van der Waals surface area contributed by atoms with E-state index < -0.39 is 0 Å². The van der Waals surface area contributed by atoms with Gasteiger partial charge in [-0.3, -0.25) is 9.59 Å². The number of ether oxygens (including phenoxy) is 3. The summed E-state index contributed by atoms with van der Waals surface area (Å²) in [7, 11) is 4.61. The van der Waals surface area contributed by atoms with Gasteiger partial charge in [0.2, 0.25) is 0 Å². The second-order valence-electron chi connectivity index (χ2n) is 8.01. The zero-order chi connectivity index (χ0) is 23.5. The van der Waals surface area contributed by atoms with Crippen molar-refractivity contribution in [2.75, 3.05) is 26.6 Å². The Hall–Kier alpha value is -3.68. The smallest absolute Gasteiger partial charge is 0.272 e. The third-order valence-corrected chi connectivity index (χ3v) is 5.43. The van der Waals surface area contributed by atoms with E-state index in [4.69, 9.17) is 14.2 Å². The average Bonchev–Trinajstić information content (AvgIpc) is 3.23. The first-order valence-corrected chi connectivity index (χ1v) is 10.3. The van der Waals surface area contributed by atoms with Crippen molar-refractivity contribution in [3.63, 3.8) is 0 Å². The van der Waals surface area contributed by atoms with Crippen LogP contribution in [0.4, 0.5) is 5.69 Å². The van der Waals surface area contributed by atoms with Gasteiger partial charge < -0.3 is 29.8 Å². The van der Waals surface area contributed by atoms with Crippen LogP contribution in [0.25, 0.3) is 10.9 Å². The Morgan fingerprint density at radius 3 is 2.16 bits per heavy atom. The van der Waals surface area contributed by atoms with Crippen LogP contribution in [-0.4, -0.2) is 43.7 Å². The van der Waals surface area contributed by atoms with Crippen molar-refractivity contribution in [2.45, 2.75) is 32.7 Å². The zero-order valence-corrected chi connectivity index (χ0v) is 19.2. The summed E-state index contributed by atoms with van der Waals surface area (Å²) in [5.41, 5.74) is 1.73. The molecule has 3 rings (SSSR count). The molecule has 0 aliphatic carbocycles. The van der Waals surface area contributed by atoms with Gasteiger partial charge in [0.25, 0.3) is 11.8 Å². The minimum Gasteiger partial charge on any atom is -0.496 e. The molecule has 0 aliphatic rings. The number of carbonyl (C=O) groups is 2. The topological polar surface area (TPSA) is 102 Å². The fraction of sp³-hybridized carbons (Fsp3) is 0.333. The van der Waals surface area contributed by atoms with Crippen LogP contribution in [0, 0.1) is 0 Å². The minimum absolute atomic E-state index is 0.154. The third-order valence-electron chi connectivity index (χ3n) is 5.43. The average molecular weight is 440 g/mol. The Morgan fingerprint density at radius 1 is 0.938 bits per heavy atom. The van der Waals surface area contributed by atoms with Gasteiger partial charge in [0.1, 0.15) is 11.4 Å². The highest BCUT2D eigenvalue weighted by Crippen LogP contribution is 2.41. The van der Waals surface area contributed by atoms with E-state index in [0.717, 1.165) is 6.42 Å². The molecule has 0 unspecified atom stereocenters. The quantitative estimate of drug-likeness (QED) is 0.484. The Balaban J connectivity index is 1.82. The van der Waals surface area contributed by atoms with Crippen LogP contribution in [0.15, 0.2) is 36.4 Å². The van der Waals surface area contributed by atoms with Crippen LogP contribution in [0.5, 0.6) is 17.2 Å². The summed E-state index contributed by atoms with van der Waals surface area (Å²) in [5.74, 6) is 1.03. The molecule has 0 aliphatic heterocycles. The first-order chi connectivity index (χ1) is 15.2. The molecule has 3 aromatic rings. The maximum atomic E-state index is 12.8. The number of nitrogens with one attached hydrogen (secondary N) is 3. The van der Waals surface area contributed by atoms with Gasteiger partial charge in [-0.1, -0.05) is 6.92 Å². The van der Waals surface area contributed by atoms with Gasteiger partial charge in [-0.25, -0.2) is 0 Å². The summed E-state index contributed by atoms with van der Waals surface area (Å²) in [4.78, 5) is 28.3. The van der Waals surface area contributed by atoms with Crippen molar-refractivity contribution < 1.29 is 23.8 Å². The van der Waals surface area contributed by atoms with Crippen molar-refractivity contribution in [1.82, 2.24) is 10.3 Å². The maximum absolute atomic E-state index is 12.8. The molecule has 0 bridgehead atoms. The van der Waals surface area contributed by atoms with Crippen LogP contribution in [0.3, 0.4) is 0 Å². The fourth-order valence-corrected chi connectivity index (χ4v) is 3.23. The molecule has 0 saturated heterocycles. The van der Waals surface area contributed by atoms with Crippen molar-refractivity contribution in [3.05, 3.63) is 47.7 Å². The fourth-order valence-electron chi connectivity index (χ4n) is 3.23. The Kier molecular flexibility index (Phi) is 6.62. The normalized spacial score (nSPS) is 11.2. The van der Waals surface area contributed by atoms with E-state index in [1.54, 1.807) is 43.5 Å². The Labute approximate surface area is 187 Å². The molecule has 0 spiro atoms. The number of rotatable bonds is 8. The van der Waals surface area contributed by atoms with Crippen molar-refractivity contribution in [3.8, 4) is 17.2 Å². The maximum Gasteiger partial charge on any atom is 0.272 e. The molecule has 0 atom stereocenters. The first-order valence-electron chi connectivity index (χ1n) is 10.3. The molecule has 2 amide bonds. The lowest BCUT2D eigenvalue weighted by atomic mass is 10.0. The number of benzene rings is 2. The number of carbonyl (C=O) groups excluding carboxylic acids is 2. The van der Waals surface area contributed by atoms with E-state index in [1.807, 2.05) is 20.8 Å². The number of anilines is 1. The number of amides is 2. The van der Waals surface area contributed by atoms with Gasteiger partial charge in [0, 0.05) is 28.2 Å². The first kappa shape index (κ1) is 23.0.